The fourth-order valence-electron chi connectivity index (χ4n) is 2.11. The van der Waals surface area contributed by atoms with Gasteiger partial charge in [-0.2, -0.15) is 0 Å². The maximum Gasteiger partial charge on any atom is 0.0422 e. The highest BCUT2D eigenvalue weighted by molar-refractivity contribution is 7.99. The van der Waals surface area contributed by atoms with Gasteiger partial charge in [-0.3, -0.25) is 4.98 Å². The topological polar surface area (TPSA) is 38.9 Å². The monoisotopic (exact) mass is 286 g/mol. The van der Waals surface area contributed by atoms with E-state index >= 15 is 0 Å². The Labute approximate surface area is 125 Å². The molecular weight excluding hydrogens is 264 g/mol. The summed E-state index contributed by atoms with van der Waals surface area (Å²) >= 11 is 1.85. The Morgan fingerprint density at radius 2 is 1.85 bits per heavy atom. The molecule has 3 heteroatoms. The molecule has 2 aromatic rings. The first kappa shape index (κ1) is 15.1. The standard InChI is InChI=1S/C17H22N2S/c1-3-13-5-8-15(19-12-13)11-17(18)14-6-9-16(10-7-14)20-4-2/h5-10,12,17H,3-4,11,18H2,1-2H3. The van der Waals surface area contributed by atoms with Crippen molar-refractivity contribution in [2.24, 2.45) is 5.73 Å². The first-order chi connectivity index (χ1) is 9.72. The lowest BCUT2D eigenvalue weighted by Crippen LogP contribution is -2.14. The number of benzene rings is 1. The quantitative estimate of drug-likeness (QED) is 0.816. The fourth-order valence-corrected chi connectivity index (χ4v) is 2.77. The number of pyridine rings is 1. The zero-order valence-corrected chi connectivity index (χ0v) is 13.0. The fraction of sp³-hybridized carbons (Fsp3) is 0.353. The van der Waals surface area contributed by atoms with Crippen molar-refractivity contribution in [1.29, 1.82) is 0 Å². The molecule has 0 aliphatic rings. The molecule has 0 aliphatic carbocycles. The Morgan fingerprint density at radius 3 is 2.40 bits per heavy atom. The van der Waals surface area contributed by atoms with E-state index in [0.717, 1.165) is 24.3 Å². The second kappa shape index (κ2) is 7.46. The number of nitrogens with two attached hydrogens (primary N) is 1. The summed E-state index contributed by atoms with van der Waals surface area (Å²) in [5.74, 6) is 1.10. The normalized spacial score (nSPS) is 12.3. The van der Waals surface area contributed by atoms with Crippen molar-refractivity contribution in [3.05, 3.63) is 59.4 Å². The predicted molar refractivity (Wildman–Crippen MR) is 87.1 cm³/mol. The number of aromatic nitrogens is 1. The summed E-state index contributed by atoms with van der Waals surface area (Å²) in [6.07, 6.45) is 3.75. The molecule has 2 N–H and O–H groups in total. The van der Waals surface area contributed by atoms with Crippen LogP contribution in [-0.2, 0) is 12.8 Å². The largest absolute Gasteiger partial charge is 0.324 e. The minimum atomic E-state index is 0.00986. The summed E-state index contributed by atoms with van der Waals surface area (Å²) in [7, 11) is 0. The van der Waals surface area contributed by atoms with Gasteiger partial charge in [0, 0.05) is 29.2 Å². The number of aryl methyl sites for hydroxylation is 1. The predicted octanol–water partition coefficient (Wildman–Crippen LogP) is 4.00. The molecular formula is C17H22N2S. The number of rotatable bonds is 6. The summed E-state index contributed by atoms with van der Waals surface area (Å²) in [4.78, 5) is 5.78. The second-order valence-electron chi connectivity index (χ2n) is 4.82. The van der Waals surface area contributed by atoms with Gasteiger partial charge in [0.1, 0.15) is 0 Å². The Hall–Kier alpha value is -1.32. The molecule has 0 saturated carbocycles. The van der Waals surface area contributed by atoms with Crippen LogP contribution in [-0.4, -0.2) is 10.7 Å². The first-order valence-electron chi connectivity index (χ1n) is 7.15. The third-order valence-corrected chi connectivity index (χ3v) is 4.24. The highest BCUT2D eigenvalue weighted by Gasteiger charge is 2.08. The maximum absolute atomic E-state index is 6.27. The third-order valence-electron chi connectivity index (χ3n) is 3.34. The summed E-state index contributed by atoms with van der Waals surface area (Å²) in [5, 5.41) is 0. The number of thioether (sulfide) groups is 1. The van der Waals surface area contributed by atoms with Crippen LogP contribution in [0.3, 0.4) is 0 Å². The zero-order chi connectivity index (χ0) is 14.4. The van der Waals surface area contributed by atoms with Gasteiger partial charge in [-0.15, -0.1) is 11.8 Å². The summed E-state index contributed by atoms with van der Waals surface area (Å²) in [5.41, 5.74) is 9.77. The smallest absolute Gasteiger partial charge is 0.0422 e. The molecule has 20 heavy (non-hydrogen) atoms. The lowest BCUT2D eigenvalue weighted by Gasteiger charge is -2.12. The molecule has 1 unspecified atom stereocenters. The van der Waals surface area contributed by atoms with E-state index in [2.05, 4.69) is 55.2 Å². The minimum absolute atomic E-state index is 0.00986. The average molecular weight is 286 g/mol. The molecule has 1 heterocycles. The average Bonchev–Trinajstić information content (AvgIpc) is 2.49. The van der Waals surface area contributed by atoms with Crippen LogP contribution in [0.15, 0.2) is 47.5 Å². The van der Waals surface area contributed by atoms with E-state index in [1.165, 1.54) is 16.0 Å². The van der Waals surface area contributed by atoms with Gasteiger partial charge >= 0.3 is 0 Å². The lowest BCUT2D eigenvalue weighted by atomic mass is 10.0. The van der Waals surface area contributed by atoms with E-state index < -0.39 is 0 Å². The van der Waals surface area contributed by atoms with Crippen molar-refractivity contribution >= 4 is 11.8 Å². The van der Waals surface area contributed by atoms with Crippen molar-refractivity contribution in [2.45, 2.75) is 37.6 Å². The molecule has 0 aliphatic heterocycles. The van der Waals surface area contributed by atoms with E-state index in [4.69, 9.17) is 5.73 Å². The molecule has 0 amide bonds. The van der Waals surface area contributed by atoms with Crippen LogP contribution in [0.1, 0.15) is 36.7 Å². The molecule has 106 valence electrons. The number of nitrogens with zero attached hydrogens (tertiary/aromatic N) is 1. The van der Waals surface area contributed by atoms with Crippen molar-refractivity contribution < 1.29 is 0 Å². The second-order valence-corrected chi connectivity index (χ2v) is 6.16. The van der Waals surface area contributed by atoms with E-state index in [1.807, 2.05) is 18.0 Å². The molecule has 0 spiro atoms. The van der Waals surface area contributed by atoms with E-state index in [-0.39, 0.29) is 6.04 Å². The summed E-state index contributed by atoms with van der Waals surface area (Å²) in [6, 6.07) is 12.8. The molecule has 0 fully saturated rings. The Bertz CT molecular complexity index is 520. The van der Waals surface area contributed by atoms with Crippen LogP contribution in [0, 0.1) is 0 Å². The SMILES string of the molecule is CCSc1ccc(C(N)Cc2ccc(CC)cn2)cc1. The van der Waals surface area contributed by atoms with Gasteiger partial charge in [-0.1, -0.05) is 32.0 Å². The zero-order valence-electron chi connectivity index (χ0n) is 12.2. The van der Waals surface area contributed by atoms with Gasteiger partial charge in [-0.05, 0) is 41.5 Å². The van der Waals surface area contributed by atoms with Crippen molar-refractivity contribution in [2.75, 3.05) is 5.75 Å². The molecule has 1 aromatic heterocycles. The Morgan fingerprint density at radius 1 is 1.10 bits per heavy atom. The lowest BCUT2D eigenvalue weighted by molar-refractivity contribution is 0.705. The van der Waals surface area contributed by atoms with Crippen LogP contribution in [0.4, 0.5) is 0 Å². The maximum atomic E-state index is 6.27. The molecule has 0 saturated heterocycles. The van der Waals surface area contributed by atoms with Gasteiger partial charge in [-0.25, -0.2) is 0 Å². The van der Waals surface area contributed by atoms with Crippen molar-refractivity contribution in [1.82, 2.24) is 4.98 Å². The van der Waals surface area contributed by atoms with Gasteiger partial charge in [0.15, 0.2) is 0 Å². The van der Waals surface area contributed by atoms with Crippen LogP contribution < -0.4 is 5.73 Å². The van der Waals surface area contributed by atoms with E-state index in [9.17, 15) is 0 Å². The first-order valence-corrected chi connectivity index (χ1v) is 8.13. The van der Waals surface area contributed by atoms with Gasteiger partial charge in [0.05, 0.1) is 0 Å². The molecule has 0 bridgehead atoms. The number of hydrogen-bond acceptors (Lipinski definition) is 3. The number of hydrogen-bond donors (Lipinski definition) is 1. The van der Waals surface area contributed by atoms with Gasteiger partial charge in [0.25, 0.3) is 0 Å². The highest BCUT2D eigenvalue weighted by Crippen LogP contribution is 2.21. The van der Waals surface area contributed by atoms with Crippen LogP contribution in [0.5, 0.6) is 0 Å². The van der Waals surface area contributed by atoms with Crippen molar-refractivity contribution in [3.63, 3.8) is 0 Å². The molecule has 2 rings (SSSR count). The molecule has 1 atom stereocenters. The van der Waals surface area contributed by atoms with Gasteiger partial charge < -0.3 is 5.73 Å². The van der Waals surface area contributed by atoms with Crippen LogP contribution in [0.25, 0.3) is 0 Å². The van der Waals surface area contributed by atoms with E-state index in [1.54, 1.807) is 0 Å². The van der Waals surface area contributed by atoms with Crippen LogP contribution in [0.2, 0.25) is 0 Å². The third kappa shape index (κ3) is 4.09. The Kier molecular flexibility index (Phi) is 5.62. The summed E-state index contributed by atoms with van der Waals surface area (Å²) < 4.78 is 0. The molecule has 0 radical (unpaired) electrons. The summed E-state index contributed by atoms with van der Waals surface area (Å²) in [6.45, 7) is 4.30. The van der Waals surface area contributed by atoms with Gasteiger partial charge in [0.2, 0.25) is 0 Å². The molecule has 1 aromatic carbocycles. The van der Waals surface area contributed by atoms with E-state index in [0.29, 0.717) is 0 Å². The van der Waals surface area contributed by atoms with Crippen molar-refractivity contribution in [3.8, 4) is 0 Å². The minimum Gasteiger partial charge on any atom is -0.324 e. The highest BCUT2D eigenvalue weighted by atomic mass is 32.2. The Balaban J connectivity index is 2.01. The van der Waals surface area contributed by atoms with Crippen LogP contribution >= 0.6 is 11.8 Å². The molecule has 2 nitrogen and oxygen atoms in total.